The first kappa shape index (κ1) is 20.1. The molecule has 0 saturated carbocycles. The first-order valence-electron chi connectivity index (χ1n) is 8.40. The van der Waals surface area contributed by atoms with Gasteiger partial charge in [-0.05, 0) is 29.7 Å². The maximum Gasteiger partial charge on any atom is 0.339 e. The Morgan fingerprint density at radius 2 is 1.82 bits per heavy atom. The molecule has 0 unspecified atom stereocenters. The summed E-state index contributed by atoms with van der Waals surface area (Å²) in [5.41, 5.74) is -0.0148. The highest BCUT2D eigenvalue weighted by atomic mass is 35.5. The molecule has 0 aromatic heterocycles. The van der Waals surface area contributed by atoms with E-state index < -0.39 is 16.0 Å². The van der Waals surface area contributed by atoms with Crippen molar-refractivity contribution >= 4 is 38.4 Å². The quantitative estimate of drug-likeness (QED) is 0.467. The maximum atomic E-state index is 12.5. The van der Waals surface area contributed by atoms with Crippen molar-refractivity contribution in [3.63, 3.8) is 0 Å². The number of fused-ring (bicyclic) bond motifs is 1. The molecule has 3 aromatic carbocycles. The normalized spacial score (nSPS) is 11.4. The molecule has 28 heavy (non-hydrogen) atoms. The summed E-state index contributed by atoms with van der Waals surface area (Å²) in [5, 5.41) is 2.11. The Balaban J connectivity index is 1.66. The minimum Gasteiger partial charge on any atom is -0.492 e. The molecule has 0 aliphatic heterocycles. The number of benzene rings is 3. The molecular formula is C20H18ClNO5S. The zero-order chi connectivity index (χ0) is 20.1. The van der Waals surface area contributed by atoms with Crippen LogP contribution in [-0.2, 0) is 14.8 Å². The van der Waals surface area contributed by atoms with Gasteiger partial charge in [0.15, 0.2) is 0 Å². The molecule has 1 N–H and O–H groups in total. The molecule has 0 radical (unpaired) electrons. The van der Waals surface area contributed by atoms with Gasteiger partial charge in [0.2, 0.25) is 10.0 Å². The average Bonchev–Trinajstić information content (AvgIpc) is 2.71. The zero-order valence-electron chi connectivity index (χ0n) is 15.0. The lowest BCUT2D eigenvalue weighted by Crippen LogP contribution is -2.28. The van der Waals surface area contributed by atoms with Gasteiger partial charge in [0.25, 0.3) is 0 Å². The van der Waals surface area contributed by atoms with E-state index in [1.807, 2.05) is 42.5 Å². The third-order valence-corrected chi connectivity index (χ3v) is 5.84. The molecule has 0 fully saturated rings. The number of carbonyl (C=O) groups excluding carboxylic acids is 1. The Morgan fingerprint density at radius 1 is 1.07 bits per heavy atom. The summed E-state index contributed by atoms with van der Waals surface area (Å²) in [6, 6.07) is 17.3. The largest absolute Gasteiger partial charge is 0.492 e. The molecule has 0 aliphatic carbocycles. The fourth-order valence-electron chi connectivity index (χ4n) is 2.68. The third-order valence-electron chi connectivity index (χ3n) is 4.05. The predicted molar refractivity (Wildman–Crippen MR) is 107 cm³/mol. The van der Waals surface area contributed by atoms with Gasteiger partial charge in [0.1, 0.15) is 12.4 Å². The van der Waals surface area contributed by atoms with Crippen LogP contribution in [0.25, 0.3) is 10.8 Å². The van der Waals surface area contributed by atoms with Crippen molar-refractivity contribution in [3.05, 3.63) is 71.2 Å². The number of sulfonamides is 1. The van der Waals surface area contributed by atoms with E-state index in [2.05, 4.69) is 9.46 Å². The van der Waals surface area contributed by atoms with Crippen LogP contribution in [-0.4, -0.2) is 34.6 Å². The molecule has 0 aliphatic rings. The van der Waals surface area contributed by atoms with Gasteiger partial charge < -0.3 is 9.47 Å². The number of hydrogen-bond donors (Lipinski definition) is 1. The van der Waals surface area contributed by atoms with E-state index in [-0.39, 0.29) is 28.6 Å². The number of halogens is 1. The number of esters is 1. The molecule has 0 amide bonds. The van der Waals surface area contributed by atoms with E-state index in [0.717, 1.165) is 10.8 Å². The van der Waals surface area contributed by atoms with Crippen molar-refractivity contribution in [2.45, 2.75) is 4.90 Å². The second kappa shape index (κ2) is 8.60. The van der Waals surface area contributed by atoms with Crippen molar-refractivity contribution in [1.82, 2.24) is 4.72 Å². The van der Waals surface area contributed by atoms with Crippen LogP contribution in [0.2, 0.25) is 5.02 Å². The molecule has 0 heterocycles. The van der Waals surface area contributed by atoms with E-state index in [4.69, 9.17) is 16.3 Å². The van der Waals surface area contributed by atoms with Crippen LogP contribution in [0.5, 0.6) is 5.75 Å². The van der Waals surface area contributed by atoms with Gasteiger partial charge in [0, 0.05) is 11.9 Å². The van der Waals surface area contributed by atoms with Crippen LogP contribution < -0.4 is 9.46 Å². The van der Waals surface area contributed by atoms with E-state index in [9.17, 15) is 13.2 Å². The topological polar surface area (TPSA) is 81.7 Å². The second-order valence-electron chi connectivity index (χ2n) is 5.86. The Hall–Kier alpha value is -2.61. The highest BCUT2D eigenvalue weighted by Crippen LogP contribution is 2.25. The summed E-state index contributed by atoms with van der Waals surface area (Å²) in [6.45, 7) is 0.201. The molecule has 0 saturated heterocycles. The molecule has 146 valence electrons. The molecule has 0 bridgehead atoms. The minimum absolute atomic E-state index is 0.0148. The molecule has 0 spiro atoms. The van der Waals surface area contributed by atoms with Crippen LogP contribution in [0.4, 0.5) is 0 Å². The predicted octanol–water partition coefficient (Wildman–Crippen LogP) is 3.64. The van der Waals surface area contributed by atoms with Crippen molar-refractivity contribution in [3.8, 4) is 5.75 Å². The number of ether oxygens (including phenoxy) is 2. The summed E-state index contributed by atoms with van der Waals surface area (Å²) >= 11 is 5.93. The fourth-order valence-corrected chi connectivity index (χ4v) is 3.91. The molecule has 6 nitrogen and oxygen atoms in total. The maximum absolute atomic E-state index is 12.5. The zero-order valence-corrected chi connectivity index (χ0v) is 16.6. The number of carbonyl (C=O) groups is 1. The summed E-state index contributed by atoms with van der Waals surface area (Å²) in [5.74, 6) is -0.0295. The summed E-state index contributed by atoms with van der Waals surface area (Å²) in [6.07, 6.45) is 0. The van der Waals surface area contributed by atoms with Gasteiger partial charge in [-0.3, -0.25) is 0 Å². The highest BCUT2D eigenvalue weighted by molar-refractivity contribution is 7.89. The lowest BCUT2D eigenvalue weighted by molar-refractivity contribution is 0.0600. The van der Waals surface area contributed by atoms with E-state index in [1.165, 1.54) is 25.3 Å². The SMILES string of the molecule is COC(=O)c1cc(S(=O)(=O)NCCOc2cccc3ccccc23)ccc1Cl. The van der Waals surface area contributed by atoms with Gasteiger partial charge in [-0.1, -0.05) is 48.0 Å². The third kappa shape index (κ3) is 4.44. The van der Waals surface area contributed by atoms with Crippen LogP contribution in [0.3, 0.4) is 0 Å². The Bertz CT molecular complexity index is 1110. The van der Waals surface area contributed by atoms with E-state index >= 15 is 0 Å². The standard InChI is InChI=1S/C20H18ClNO5S/c1-26-20(23)17-13-15(9-10-18(17)21)28(24,25)22-11-12-27-19-8-4-6-14-5-2-3-7-16(14)19/h2-10,13,22H,11-12H2,1H3. The van der Waals surface area contributed by atoms with Gasteiger partial charge >= 0.3 is 5.97 Å². The van der Waals surface area contributed by atoms with Crippen molar-refractivity contribution in [1.29, 1.82) is 0 Å². The van der Waals surface area contributed by atoms with Crippen LogP contribution >= 0.6 is 11.6 Å². The van der Waals surface area contributed by atoms with Gasteiger partial charge in [-0.15, -0.1) is 0 Å². The minimum atomic E-state index is -3.83. The number of hydrogen-bond acceptors (Lipinski definition) is 5. The molecule has 3 aromatic rings. The fraction of sp³-hybridized carbons (Fsp3) is 0.150. The smallest absolute Gasteiger partial charge is 0.339 e. The van der Waals surface area contributed by atoms with Gasteiger partial charge in [-0.25, -0.2) is 17.9 Å². The van der Waals surface area contributed by atoms with E-state index in [1.54, 1.807) is 0 Å². The molecular weight excluding hydrogens is 402 g/mol. The van der Waals surface area contributed by atoms with E-state index in [0.29, 0.717) is 5.75 Å². The van der Waals surface area contributed by atoms with Crippen LogP contribution in [0.15, 0.2) is 65.6 Å². The number of methoxy groups -OCH3 is 1. The second-order valence-corrected chi connectivity index (χ2v) is 8.03. The van der Waals surface area contributed by atoms with Gasteiger partial charge in [-0.2, -0.15) is 0 Å². The number of rotatable bonds is 7. The number of nitrogens with one attached hydrogen (secondary N) is 1. The Labute approximate surface area is 168 Å². The van der Waals surface area contributed by atoms with Gasteiger partial charge in [0.05, 0.1) is 22.6 Å². The molecule has 3 rings (SSSR count). The monoisotopic (exact) mass is 419 g/mol. The lowest BCUT2D eigenvalue weighted by atomic mass is 10.1. The van der Waals surface area contributed by atoms with Crippen LogP contribution in [0, 0.1) is 0 Å². The van der Waals surface area contributed by atoms with Crippen molar-refractivity contribution < 1.29 is 22.7 Å². The Morgan fingerprint density at radius 3 is 2.61 bits per heavy atom. The Kier molecular flexibility index (Phi) is 6.18. The summed E-state index contributed by atoms with van der Waals surface area (Å²) < 4.78 is 37.7. The average molecular weight is 420 g/mol. The molecule has 0 atom stereocenters. The first-order valence-corrected chi connectivity index (χ1v) is 10.3. The van der Waals surface area contributed by atoms with Crippen molar-refractivity contribution in [2.75, 3.05) is 20.3 Å². The lowest BCUT2D eigenvalue weighted by Gasteiger charge is -2.11. The first-order chi connectivity index (χ1) is 13.4. The molecule has 8 heteroatoms. The van der Waals surface area contributed by atoms with Crippen molar-refractivity contribution in [2.24, 2.45) is 0 Å². The summed E-state index contributed by atoms with van der Waals surface area (Å²) in [4.78, 5) is 11.6. The highest BCUT2D eigenvalue weighted by Gasteiger charge is 2.19. The van der Waals surface area contributed by atoms with Crippen LogP contribution in [0.1, 0.15) is 10.4 Å². The summed E-state index contributed by atoms with van der Waals surface area (Å²) in [7, 11) is -2.64.